The van der Waals surface area contributed by atoms with E-state index in [0.717, 1.165) is 39.3 Å². The third kappa shape index (κ3) is 7.96. The molecular formula is C32H35N3O5. The van der Waals surface area contributed by atoms with E-state index in [-0.39, 0.29) is 25.0 Å². The SMILES string of the molecule is Cc1oc(-c2ccc(-c3ccccc3)cc2)nc1CCOc1ccc(CCC(=O)O)c(CNC(=O)NC(C)C)c1. The van der Waals surface area contributed by atoms with Crippen LogP contribution in [0.3, 0.4) is 0 Å². The summed E-state index contributed by atoms with van der Waals surface area (Å²) in [6.45, 7) is 6.31. The van der Waals surface area contributed by atoms with E-state index in [2.05, 4.69) is 34.9 Å². The molecular weight excluding hydrogens is 506 g/mol. The number of aliphatic carboxylic acids is 1. The van der Waals surface area contributed by atoms with Gasteiger partial charge in [0.15, 0.2) is 0 Å². The maximum absolute atomic E-state index is 12.1. The number of hydrogen-bond acceptors (Lipinski definition) is 5. The van der Waals surface area contributed by atoms with Gasteiger partial charge in [-0.1, -0.05) is 48.5 Å². The Kier molecular flexibility index (Phi) is 9.57. The summed E-state index contributed by atoms with van der Waals surface area (Å²) in [4.78, 5) is 27.9. The van der Waals surface area contributed by atoms with Crippen molar-refractivity contribution in [3.63, 3.8) is 0 Å². The summed E-state index contributed by atoms with van der Waals surface area (Å²) in [7, 11) is 0. The van der Waals surface area contributed by atoms with Crippen LogP contribution in [0.1, 0.15) is 42.8 Å². The van der Waals surface area contributed by atoms with Gasteiger partial charge >= 0.3 is 12.0 Å². The summed E-state index contributed by atoms with van der Waals surface area (Å²) < 4.78 is 12.0. The molecule has 3 N–H and O–H groups in total. The number of nitrogens with zero attached hydrogens (tertiary/aromatic N) is 1. The third-order valence-electron chi connectivity index (χ3n) is 6.38. The average molecular weight is 542 g/mol. The van der Waals surface area contributed by atoms with Crippen molar-refractivity contribution in [2.24, 2.45) is 0 Å². The Morgan fingerprint density at radius 2 is 1.62 bits per heavy atom. The molecule has 0 aliphatic heterocycles. The number of rotatable bonds is 12. The van der Waals surface area contributed by atoms with Crippen molar-refractivity contribution in [1.82, 2.24) is 15.6 Å². The summed E-state index contributed by atoms with van der Waals surface area (Å²) in [5.41, 5.74) is 5.69. The molecule has 40 heavy (non-hydrogen) atoms. The second-order valence-electron chi connectivity index (χ2n) is 9.87. The Balaban J connectivity index is 1.38. The number of nitrogens with one attached hydrogen (secondary N) is 2. The first-order valence-corrected chi connectivity index (χ1v) is 13.4. The quantitative estimate of drug-likeness (QED) is 0.198. The standard InChI is InChI=1S/C32H35N3O5/c1-21(2)34-32(38)33-20-27-19-28(15-13-25(27)14-16-30(36)37)39-18-17-29-22(3)40-31(35-29)26-11-9-24(10-12-26)23-7-5-4-6-8-23/h4-13,15,19,21H,14,16-18,20H2,1-3H3,(H,36,37)(H2,33,34,38). The Morgan fingerprint density at radius 3 is 2.33 bits per heavy atom. The minimum Gasteiger partial charge on any atom is -0.493 e. The zero-order valence-electron chi connectivity index (χ0n) is 23.1. The van der Waals surface area contributed by atoms with E-state index in [1.54, 1.807) is 0 Å². The van der Waals surface area contributed by atoms with Gasteiger partial charge in [-0.25, -0.2) is 9.78 Å². The summed E-state index contributed by atoms with van der Waals surface area (Å²) in [6.07, 6.45) is 0.933. The molecule has 2 amide bonds. The molecule has 208 valence electrons. The Hall–Kier alpha value is -4.59. The molecule has 0 spiro atoms. The van der Waals surface area contributed by atoms with Crippen LogP contribution in [0.2, 0.25) is 0 Å². The number of oxazole rings is 1. The van der Waals surface area contributed by atoms with Gasteiger partial charge in [0.05, 0.1) is 12.3 Å². The number of aryl methyl sites for hydroxylation is 2. The van der Waals surface area contributed by atoms with Gasteiger partial charge in [-0.3, -0.25) is 4.79 Å². The van der Waals surface area contributed by atoms with Crippen molar-refractivity contribution in [2.75, 3.05) is 6.61 Å². The van der Waals surface area contributed by atoms with Gasteiger partial charge in [0, 0.05) is 31.0 Å². The molecule has 8 heteroatoms. The smallest absolute Gasteiger partial charge is 0.315 e. The fourth-order valence-corrected chi connectivity index (χ4v) is 4.32. The van der Waals surface area contributed by atoms with E-state index < -0.39 is 5.97 Å². The number of benzene rings is 3. The number of carbonyl (C=O) groups excluding carboxylic acids is 1. The Morgan fingerprint density at radius 1 is 0.925 bits per heavy atom. The lowest BCUT2D eigenvalue weighted by Gasteiger charge is -2.14. The fraction of sp³-hybridized carbons (Fsp3) is 0.281. The number of urea groups is 1. The second kappa shape index (κ2) is 13.5. The van der Waals surface area contributed by atoms with Gasteiger partial charge in [0.1, 0.15) is 11.5 Å². The van der Waals surface area contributed by atoms with E-state index in [4.69, 9.17) is 19.2 Å². The predicted molar refractivity (Wildman–Crippen MR) is 154 cm³/mol. The highest BCUT2D eigenvalue weighted by Gasteiger charge is 2.13. The summed E-state index contributed by atoms with van der Waals surface area (Å²) in [5.74, 6) is 1.09. The first-order valence-electron chi connectivity index (χ1n) is 13.4. The van der Waals surface area contributed by atoms with Crippen molar-refractivity contribution >= 4 is 12.0 Å². The molecule has 8 nitrogen and oxygen atoms in total. The minimum absolute atomic E-state index is 0.00808. The number of carboxylic acids is 1. The van der Waals surface area contributed by atoms with Crippen LogP contribution in [0.25, 0.3) is 22.6 Å². The predicted octanol–water partition coefficient (Wildman–Crippen LogP) is 6.16. The lowest BCUT2D eigenvalue weighted by atomic mass is 10.0. The summed E-state index contributed by atoms with van der Waals surface area (Å²) >= 11 is 0. The first kappa shape index (κ1) is 28.4. The number of carboxylic acid groups (broad SMARTS) is 1. The zero-order chi connectivity index (χ0) is 28.5. The molecule has 3 aromatic carbocycles. The molecule has 4 rings (SSSR count). The Bertz CT molecular complexity index is 1430. The normalized spacial score (nSPS) is 10.9. The molecule has 0 unspecified atom stereocenters. The first-order chi connectivity index (χ1) is 19.3. The minimum atomic E-state index is -0.869. The molecule has 0 aliphatic rings. The van der Waals surface area contributed by atoms with Gasteiger partial charge < -0.3 is 24.9 Å². The van der Waals surface area contributed by atoms with E-state index in [0.29, 0.717) is 31.1 Å². The van der Waals surface area contributed by atoms with Crippen molar-refractivity contribution < 1.29 is 23.8 Å². The largest absolute Gasteiger partial charge is 0.493 e. The number of hydrogen-bond donors (Lipinski definition) is 3. The molecule has 0 radical (unpaired) electrons. The number of ether oxygens (including phenoxy) is 1. The van der Waals surface area contributed by atoms with E-state index in [1.807, 2.05) is 69.3 Å². The molecule has 1 heterocycles. The zero-order valence-corrected chi connectivity index (χ0v) is 23.1. The van der Waals surface area contributed by atoms with Crippen LogP contribution in [0, 0.1) is 6.92 Å². The van der Waals surface area contributed by atoms with Gasteiger partial charge in [-0.2, -0.15) is 0 Å². The monoisotopic (exact) mass is 541 g/mol. The van der Waals surface area contributed by atoms with Crippen LogP contribution in [0.5, 0.6) is 5.75 Å². The highest BCUT2D eigenvalue weighted by Crippen LogP contribution is 2.26. The topological polar surface area (TPSA) is 114 Å². The van der Waals surface area contributed by atoms with Gasteiger partial charge in [-0.05, 0) is 73.7 Å². The fourth-order valence-electron chi connectivity index (χ4n) is 4.32. The highest BCUT2D eigenvalue weighted by atomic mass is 16.5. The average Bonchev–Trinajstić information content (AvgIpc) is 3.31. The maximum atomic E-state index is 12.1. The number of aromatic nitrogens is 1. The van der Waals surface area contributed by atoms with Crippen LogP contribution >= 0.6 is 0 Å². The van der Waals surface area contributed by atoms with Crippen molar-refractivity contribution in [2.45, 2.75) is 52.6 Å². The lowest BCUT2D eigenvalue weighted by Crippen LogP contribution is -2.39. The molecule has 0 saturated heterocycles. The molecule has 0 bridgehead atoms. The van der Waals surface area contributed by atoms with E-state index in [9.17, 15) is 9.59 Å². The summed E-state index contributed by atoms with van der Waals surface area (Å²) in [6, 6.07) is 23.6. The van der Waals surface area contributed by atoms with E-state index >= 15 is 0 Å². The van der Waals surface area contributed by atoms with Crippen LogP contribution < -0.4 is 15.4 Å². The van der Waals surface area contributed by atoms with Gasteiger partial charge in [0.2, 0.25) is 5.89 Å². The number of amides is 2. The van der Waals surface area contributed by atoms with Crippen molar-refractivity contribution in [3.8, 4) is 28.3 Å². The van der Waals surface area contributed by atoms with Gasteiger partial charge in [-0.15, -0.1) is 0 Å². The molecule has 1 aromatic heterocycles. The second-order valence-corrected chi connectivity index (χ2v) is 9.87. The molecule has 0 atom stereocenters. The van der Waals surface area contributed by atoms with Gasteiger partial charge in [0.25, 0.3) is 0 Å². The van der Waals surface area contributed by atoms with Crippen molar-refractivity contribution in [1.29, 1.82) is 0 Å². The van der Waals surface area contributed by atoms with Crippen LogP contribution in [0.15, 0.2) is 77.2 Å². The number of carbonyl (C=O) groups is 2. The van der Waals surface area contributed by atoms with Crippen LogP contribution in [-0.4, -0.2) is 34.7 Å². The highest BCUT2D eigenvalue weighted by molar-refractivity contribution is 5.74. The summed E-state index contributed by atoms with van der Waals surface area (Å²) in [5, 5.41) is 14.7. The van der Waals surface area contributed by atoms with Crippen LogP contribution in [-0.2, 0) is 24.2 Å². The van der Waals surface area contributed by atoms with E-state index in [1.165, 1.54) is 0 Å². The maximum Gasteiger partial charge on any atom is 0.315 e. The molecule has 4 aromatic rings. The molecule has 0 aliphatic carbocycles. The lowest BCUT2D eigenvalue weighted by molar-refractivity contribution is -0.136. The Labute approximate surface area is 234 Å². The molecule has 0 fully saturated rings. The molecule has 0 saturated carbocycles. The van der Waals surface area contributed by atoms with Crippen molar-refractivity contribution in [3.05, 3.63) is 95.4 Å². The third-order valence-corrected chi connectivity index (χ3v) is 6.38. The van der Waals surface area contributed by atoms with Crippen LogP contribution in [0.4, 0.5) is 4.79 Å².